The van der Waals surface area contributed by atoms with Gasteiger partial charge in [0.15, 0.2) is 0 Å². The Hall–Kier alpha value is -2.11. The number of aromatic carboxylic acids is 1. The third-order valence-electron chi connectivity index (χ3n) is 4.43. The predicted octanol–water partition coefficient (Wildman–Crippen LogP) is 2.57. The first-order valence-corrected chi connectivity index (χ1v) is 7.23. The molecule has 0 radical (unpaired) electrons. The molecule has 0 aromatic carbocycles. The Labute approximate surface area is 123 Å². The van der Waals surface area contributed by atoms with Crippen LogP contribution in [0.4, 0.5) is 0 Å². The molecule has 1 N–H and O–H groups in total. The molecule has 6 nitrogen and oxygen atoms in total. The van der Waals surface area contributed by atoms with Gasteiger partial charge in [-0.3, -0.25) is 9.36 Å². The van der Waals surface area contributed by atoms with Crippen LogP contribution in [0.3, 0.4) is 0 Å². The monoisotopic (exact) mass is 288 g/mol. The zero-order chi connectivity index (χ0) is 15.3. The van der Waals surface area contributed by atoms with E-state index in [4.69, 9.17) is 0 Å². The molecule has 1 unspecified atom stereocenters. The lowest BCUT2D eigenvalue weighted by Gasteiger charge is -2.09. The van der Waals surface area contributed by atoms with Gasteiger partial charge in [0.2, 0.25) is 0 Å². The fourth-order valence-electron chi connectivity index (χ4n) is 2.85. The number of aryl methyl sites for hydroxylation is 2. The number of hydrogen-bond donors (Lipinski definition) is 1. The molecule has 2 aromatic rings. The molecular weight excluding hydrogens is 268 g/mol. The lowest BCUT2D eigenvalue weighted by Crippen LogP contribution is -2.07. The van der Waals surface area contributed by atoms with Crippen LogP contribution < -0.4 is 0 Å². The molecule has 1 aliphatic rings. The standard InChI is InChI=1S/C15H20N4O2/c1-8-13(10(3)18(4)16-8)14-12(15(20)21)7-19(17-14)9(2)11-5-6-11/h7,9,11H,5-6H2,1-4H3,(H,20,21). The van der Waals surface area contributed by atoms with Crippen LogP contribution in [0, 0.1) is 19.8 Å². The molecule has 0 saturated heterocycles. The normalized spacial score (nSPS) is 16.2. The molecule has 1 fully saturated rings. The number of nitrogens with zero attached hydrogens (tertiary/aromatic N) is 4. The number of aromatic nitrogens is 4. The van der Waals surface area contributed by atoms with Crippen molar-refractivity contribution in [1.29, 1.82) is 0 Å². The van der Waals surface area contributed by atoms with Crippen LogP contribution in [0.25, 0.3) is 11.3 Å². The number of carboxylic acid groups (broad SMARTS) is 1. The van der Waals surface area contributed by atoms with Crippen LogP contribution in [0.15, 0.2) is 6.20 Å². The lowest BCUT2D eigenvalue weighted by atomic mass is 10.1. The second kappa shape index (κ2) is 4.72. The molecule has 2 aromatic heterocycles. The van der Waals surface area contributed by atoms with Crippen LogP contribution in [0.1, 0.15) is 47.6 Å². The van der Waals surface area contributed by atoms with E-state index in [1.807, 2.05) is 25.6 Å². The van der Waals surface area contributed by atoms with Crippen molar-refractivity contribution >= 4 is 5.97 Å². The summed E-state index contributed by atoms with van der Waals surface area (Å²) >= 11 is 0. The molecule has 0 spiro atoms. The Bertz CT molecular complexity index is 710. The largest absolute Gasteiger partial charge is 0.478 e. The first kappa shape index (κ1) is 13.9. The third-order valence-corrected chi connectivity index (χ3v) is 4.43. The van der Waals surface area contributed by atoms with E-state index in [9.17, 15) is 9.90 Å². The van der Waals surface area contributed by atoms with Gasteiger partial charge < -0.3 is 5.11 Å². The summed E-state index contributed by atoms with van der Waals surface area (Å²) in [6.07, 6.45) is 4.06. The lowest BCUT2D eigenvalue weighted by molar-refractivity contribution is 0.0697. The SMILES string of the molecule is Cc1nn(C)c(C)c1-c1nn(C(C)C2CC2)cc1C(=O)O. The Kier molecular flexibility index (Phi) is 3.11. The number of carbonyl (C=O) groups is 1. The van der Waals surface area contributed by atoms with E-state index in [1.165, 1.54) is 12.8 Å². The van der Waals surface area contributed by atoms with Gasteiger partial charge in [0.25, 0.3) is 0 Å². The average Bonchev–Trinajstić information content (AvgIpc) is 3.12. The summed E-state index contributed by atoms with van der Waals surface area (Å²) in [6, 6.07) is 0.245. The minimum Gasteiger partial charge on any atom is -0.478 e. The van der Waals surface area contributed by atoms with Crippen molar-refractivity contribution in [2.24, 2.45) is 13.0 Å². The van der Waals surface area contributed by atoms with Gasteiger partial charge in [-0.25, -0.2) is 4.79 Å². The molecule has 112 valence electrons. The zero-order valence-electron chi connectivity index (χ0n) is 12.8. The van der Waals surface area contributed by atoms with E-state index in [-0.39, 0.29) is 11.6 Å². The molecule has 0 amide bonds. The second-order valence-electron chi connectivity index (χ2n) is 5.92. The van der Waals surface area contributed by atoms with Crippen molar-refractivity contribution < 1.29 is 9.90 Å². The summed E-state index contributed by atoms with van der Waals surface area (Å²) in [6.45, 7) is 5.92. The van der Waals surface area contributed by atoms with E-state index in [2.05, 4.69) is 17.1 Å². The van der Waals surface area contributed by atoms with Gasteiger partial charge in [-0.15, -0.1) is 0 Å². The molecule has 6 heteroatoms. The van der Waals surface area contributed by atoms with Crippen molar-refractivity contribution in [3.05, 3.63) is 23.1 Å². The van der Waals surface area contributed by atoms with Crippen LogP contribution in [0.2, 0.25) is 0 Å². The first-order valence-electron chi connectivity index (χ1n) is 7.23. The highest BCUT2D eigenvalue weighted by Gasteiger charge is 2.31. The maximum Gasteiger partial charge on any atom is 0.339 e. The molecular formula is C15H20N4O2. The molecule has 1 aliphatic carbocycles. The van der Waals surface area contributed by atoms with Crippen molar-refractivity contribution in [3.63, 3.8) is 0 Å². The van der Waals surface area contributed by atoms with Gasteiger partial charge in [-0.2, -0.15) is 10.2 Å². The van der Waals surface area contributed by atoms with Gasteiger partial charge in [-0.1, -0.05) is 0 Å². The quantitative estimate of drug-likeness (QED) is 0.938. The van der Waals surface area contributed by atoms with E-state index >= 15 is 0 Å². The Morgan fingerprint density at radius 2 is 2.05 bits per heavy atom. The third kappa shape index (κ3) is 2.24. The predicted molar refractivity (Wildman–Crippen MR) is 78.3 cm³/mol. The summed E-state index contributed by atoms with van der Waals surface area (Å²) < 4.78 is 3.57. The van der Waals surface area contributed by atoms with E-state index in [0.29, 0.717) is 11.6 Å². The second-order valence-corrected chi connectivity index (χ2v) is 5.92. The van der Waals surface area contributed by atoms with Gasteiger partial charge in [0.1, 0.15) is 11.3 Å². The Balaban J connectivity index is 2.14. The van der Waals surface area contributed by atoms with Crippen LogP contribution in [-0.4, -0.2) is 30.6 Å². The fourth-order valence-corrected chi connectivity index (χ4v) is 2.85. The van der Waals surface area contributed by atoms with Crippen LogP contribution in [0.5, 0.6) is 0 Å². The maximum absolute atomic E-state index is 11.6. The highest BCUT2D eigenvalue weighted by atomic mass is 16.4. The Morgan fingerprint density at radius 1 is 1.38 bits per heavy atom. The van der Waals surface area contributed by atoms with Gasteiger partial charge in [0.05, 0.1) is 11.7 Å². The number of carboxylic acids is 1. The molecule has 2 heterocycles. The summed E-state index contributed by atoms with van der Waals surface area (Å²) in [5.74, 6) is -0.322. The Morgan fingerprint density at radius 3 is 2.52 bits per heavy atom. The maximum atomic E-state index is 11.6. The smallest absolute Gasteiger partial charge is 0.339 e. The average molecular weight is 288 g/mol. The highest BCUT2D eigenvalue weighted by Crippen LogP contribution is 2.40. The van der Waals surface area contributed by atoms with E-state index in [1.54, 1.807) is 10.9 Å². The van der Waals surface area contributed by atoms with Crippen molar-refractivity contribution in [1.82, 2.24) is 19.6 Å². The molecule has 0 aliphatic heterocycles. The van der Waals surface area contributed by atoms with Crippen LogP contribution in [-0.2, 0) is 7.05 Å². The van der Waals surface area contributed by atoms with Crippen molar-refractivity contribution in [3.8, 4) is 11.3 Å². The summed E-state index contributed by atoms with van der Waals surface area (Å²) in [4.78, 5) is 11.6. The number of rotatable bonds is 4. The minimum atomic E-state index is -0.943. The van der Waals surface area contributed by atoms with Gasteiger partial charge in [-0.05, 0) is 39.5 Å². The van der Waals surface area contributed by atoms with Crippen LogP contribution >= 0.6 is 0 Å². The van der Waals surface area contributed by atoms with Crippen molar-refractivity contribution in [2.45, 2.75) is 39.7 Å². The van der Waals surface area contributed by atoms with E-state index < -0.39 is 5.97 Å². The summed E-state index contributed by atoms with van der Waals surface area (Å²) in [5, 5.41) is 18.4. The van der Waals surface area contributed by atoms with Crippen molar-refractivity contribution in [2.75, 3.05) is 0 Å². The fraction of sp³-hybridized carbons (Fsp3) is 0.533. The minimum absolute atomic E-state index is 0.245. The summed E-state index contributed by atoms with van der Waals surface area (Å²) in [7, 11) is 1.86. The zero-order valence-corrected chi connectivity index (χ0v) is 12.8. The van der Waals surface area contributed by atoms with Gasteiger partial charge >= 0.3 is 5.97 Å². The molecule has 21 heavy (non-hydrogen) atoms. The van der Waals surface area contributed by atoms with E-state index in [0.717, 1.165) is 17.0 Å². The van der Waals surface area contributed by atoms with Gasteiger partial charge in [0, 0.05) is 24.5 Å². The molecule has 1 atom stereocenters. The topological polar surface area (TPSA) is 72.9 Å². The highest BCUT2D eigenvalue weighted by molar-refractivity contribution is 5.95. The molecule has 0 bridgehead atoms. The first-order chi connectivity index (χ1) is 9.90. The molecule has 3 rings (SSSR count). The number of hydrogen-bond acceptors (Lipinski definition) is 3. The summed E-state index contributed by atoms with van der Waals surface area (Å²) in [5.41, 5.74) is 3.34. The molecule has 1 saturated carbocycles.